The molecule has 0 amide bonds. The number of hydrogen-bond donors (Lipinski definition) is 0. The normalized spacial score (nSPS) is 14.5. The largest absolute Gasteiger partial charge is 0.352 e. The van der Waals surface area contributed by atoms with Crippen molar-refractivity contribution in [2.75, 3.05) is 0 Å². The van der Waals surface area contributed by atoms with E-state index in [9.17, 15) is 0 Å². The number of allylic oxidation sites excluding steroid dienone is 2. The Hall–Kier alpha value is -3.52. The van der Waals surface area contributed by atoms with Gasteiger partial charge in [-0.2, -0.15) is 0 Å². The third kappa shape index (κ3) is 3.19. The van der Waals surface area contributed by atoms with Crippen molar-refractivity contribution >= 4 is 28.7 Å². The van der Waals surface area contributed by atoms with Crippen LogP contribution in [-0.2, 0) is 0 Å². The molecule has 0 N–H and O–H groups in total. The van der Waals surface area contributed by atoms with Crippen LogP contribution in [0.2, 0.25) is 0 Å². The van der Waals surface area contributed by atoms with Gasteiger partial charge >= 0.3 is 5.58 Å². The minimum atomic E-state index is 0.0547. The van der Waals surface area contributed by atoms with E-state index in [2.05, 4.69) is 101 Å². The summed E-state index contributed by atoms with van der Waals surface area (Å²) < 4.78 is 8.59. The maximum Gasteiger partial charge on any atom is 0.352 e. The standard InChI is InChI=1S/C29H27NO/c1-19-14-15-24-23-13-9-12-22(20-10-7-6-8-11-20)27(23)31-28(24)26(19)25-18-21(29(2,3)4)16-17-30(25)5/h6-18H,5H2,1-4H3. The molecule has 1 aromatic heterocycles. The molecule has 0 saturated heterocycles. The number of hydrogen-bond acceptors (Lipinski definition) is 0. The molecule has 4 aromatic rings. The van der Waals surface area contributed by atoms with Gasteiger partial charge in [-0.3, -0.25) is 4.42 Å². The molecule has 0 radical (unpaired) electrons. The Balaban J connectivity index is 1.79. The van der Waals surface area contributed by atoms with Crippen molar-refractivity contribution in [2.45, 2.75) is 27.7 Å². The Morgan fingerprint density at radius 2 is 1.71 bits per heavy atom. The van der Waals surface area contributed by atoms with Crippen LogP contribution < -0.4 is 0 Å². The minimum Gasteiger partial charge on any atom is -0.336 e. The van der Waals surface area contributed by atoms with E-state index in [0.29, 0.717) is 0 Å². The number of para-hydroxylation sites is 1. The molecule has 2 heteroatoms. The van der Waals surface area contributed by atoms with Gasteiger partial charge in [-0.05, 0) is 23.3 Å². The first-order chi connectivity index (χ1) is 14.8. The predicted octanol–water partition coefficient (Wildman–Crippen LogP) is 7.65. The highest BCUT2D eigenvalue weighted by Gasteiger charge is 2.27. The van der Waals surface area contributed by atoms with Gasteiger partial charge in [-0.15, -0.1) is 23.3 Å². The molecule has 0 unspecified atom stereocenters. The van der Waals surface area contributed by atoms with E-state index in [4.69, 9.17) is 4.42 Å². The first kappa shape index (κ1) is 19.4. The fourth-order valence-corrected chi connectivity index (χ4v) is 4.33. The van der Waals surface area contributed by atoms with Gasteiger partial charge < -0.3 is 4.58 Å². The number of aryl methyl sites for hydroxylation is 1. The maximum absolute atomic E-state index is 6.64. The molecule has 31 heavy (non-hydrogen) atoms. The van der Waals surface area contributed by atoms with Crippen LogP contribution in [0.3, 0.4) is 0 Å². The molecule has 0 saturated carbocycles. The number of benzene rings is 3. The summed E-state index contributed by atoms with van der Waals surface area (Å²) in [5.74, 6) is 0. The molecule has 0 fully saturated rings. The lowest BCUT2D eigenvalue weighted by Gasteiger charge is -2.32. The van der Waals surface area contributed by atoms with Gasteiger partial charge in [0, 0.05) is 12.1 Å². The summed E-state index contributed by atoms with van der Waals surface area (Å²) in [5.41, 5.74) is 7.74. The monoisotopic (exact) mass is 405 g/mol. The van der Waals surface area contributed by atoms with Crippen LogP contribution in [0, 0.1) is 18.4 Å². The molecule has 0 aliphatic carbocycles. The summed E-state index contributed by atoms with van der Waals surface area (Å²) in [6, 6.07) is 22.3. The number of furan rings is 1. The van der Waals surface area contributed by atoms with E-state index in [1.165, 1.54) is 11.1 Å². The minimum absolute atomic E-state index is 0.0547. The molecule has 2 nitrogen and oxygen atoms in total. The highest BCUT2D eigenvalue weighted by atomic mass is 16.3. The summed E-state index contributed by atoms with van der Waals surface area (Å²) in [6.45, 7) is 13.1. The summed E-state index contributed by atoms with van der Waals surface area (Å²) in [6.07, 6.45) is 6.45. The van der Waals surface area contributed by atoms with Crippen molar-refractivity contribution in [3.8, 4) is 11.1 Å². The predicted molar refractivity (Wildman–Crippen MR) is 130 cm³/mol. The molecule has 3 aromatic carbocycles. The quantitative estimate of drug-likeness (QED) is 0.190. The SMILES string of the molecule is C=[N+]1C=CC(C(C)(C)C)=C[C-]1c1c(C)ccc2c3cccc(-c4ccccc4)c3[o+][c-]12. The molecular weight excluding hydrogens is 378 g/mol. The summed E-state index contributed by atoms with van der Waals surface area (Å²) >= 11 is 0. The van der Waals surface area contributed by atoms with Gasteiger partial charge in [0.15, 0.2) is 0 Å². The van der Waals surface area contributed by atoms with E-state index >= 15 is 0 Å². The van der Waals surface area contributed by atoms with Crippen molar-refractivity contribution in [3.63, 3.8) is 0 Å². The number of fused-ring (bicyclic) bond motifs is 3. The second kappa shape index (κ2) is 7.02. The number of rotatable bonds is 2. The summed E-state index contributed by atoms with van der Waals surface area (Å²) in [5, 5.41) is 2.27. The van der Waals surface area contributed by atoms with Crippen molar-refractivity contribution < 1.29 is 8.99 Å². The molecule has 1 aliphatic heterocycles. The van der Waals surface area contributed by atoms with Crippen molar-refractivity contribution in [1.29, 1.82) is 0 Å². The zero-order valence-corrected chi connectivity index (χ0v) is 18.6. The van der Waals surface area contributed by atoms with Crippen LogP contribution in [0.15, 0.2) is 89.0 Å². The van der Waals surface area contributed by atoms with Crippen molar-refractivity contribution in [2.24, 2.45) is 5.41 Å². The molecule has 1 aliphatic rings. The van der Waals surface area contributed by atoms with Crippen LogP contribution >= 0.6 is 0 Å². The molecule has 0 bridgehead atoms. The van der Waals surface area contributed by atoms with E-state index in [-0.39, 0.29) is 5.41 Å². The van der Waals surface area contributed by atoms with Crippen molar-refractivity contribution in [1.82, 2.24) is 0 Å². The third-order valence-corrected chi connectivity index (χ3v) is 6.12. The van der Waals surface area contributed by atoms with Crippen LogP contribution in [0.5, 0.6) is 0 Å². The first-order valence-corrected chi connectivity index (χ1v) is 10.7. The highest BCUT2D eigenvalue weighted by molar-refractivity contribution is 6.11. The third-order valence-electron chi connectivity index (χ3n) is 6.12. The fourth-order valence-electron chi connectivity index (χ4n) is 4.33. The van der Waals surface area contributed by atoms with Gasteiger partial charge in [0.1, 0.15) is 0 Å². The zero-order valence-electron chi connectivity index (χ0n) is 18.6. The second-order valence-electron chi connectivity index (χ2n) is 9.30. The van der Waals surface area contributed by atoms with Crippen LogP contribution in [0.4, 0.5) is 0 Å². The Kier molecular flexibility index (Phi) is 4.40. The van der Waals surface area contributed by atoms with E-state index < -0.39 is 0 Å². The molecule has 0 atom stereocenters. The lowest BCUT2D eigenvalue weighted by atomic mass is 9.82. The average Bonchev–Trinajstić information content (AvgIpc) is 3.13. The topological polar surface area (TPSA) is 14.3 Å². The van der Waals surface area contributed by atoms with Gasteiger partial charge in [0.2, 0.25) is 0 Å². The molecule has 2 heterocycles. The summed E-state index contributed by atoms with van der Waals surface area (Å²) in [7, 11) is 0. The molecular formula is C29H27NO. The summed E-state index contributed by atoms with van der Waals surface area (Å²) in [4.78, 5) is 0. The average molecular weight is 406 g/mol. The van der Waals surface area contributed by atoms with Gasteiger partial charge in [0.05, 0.1) is 23.2 Å². The van der Waals surface area contributed by atoms with E-state index in [1.807, 2.05) is 16.8 Å². The van der Waals surface area contributed by atoms with Gasteiger partial charge in [0.25, 0.3) is 5.58 Å². The molecule has 0 spiro atoms. The van der Waals surface area contributed by atoms with Crippen LogP contribution in [0.25, 0.3) is 33.1 Å². The Morgan fingerprint density at radius 1 is 0.935 bits per heavy atom. The van der Waals surface area contributed by atoms with Gasteiger partial charge in [-0.1, -0.05) is 81.7 Å². The van der Waals surface area contributed by atoms with E-state index in [0.717, 1.165) is 44.7 Å². The van der Waals surface area contributed by atoms with Crippen LogP contribution in [0.1, 0.15) is 31.9 Å². The Bertz CT molecular complexity index is 1380. The second-order valence-corrected chi connectivity index (χ2v) is 9.30. The zero-order chi connectivity index (χ0) is 21.8. The molecule has 154 valence electrons. The van der Waals surface area contributed by atoms with Crippen molar-refractivity contribution in [3.05, 3.63) is 102 Å². The van der Waals surface area contributed by atoms with E-state index in [1.54, 1.807) is 0 Å². The first-order valence-electron chi connectivity index (χ1n) is 10.7. The Labute approximate surface area is 183 Å². The fraction of sp³-hybridized carbons (Fsp3) is 0.172. The smallest absolute Gasteiger partial charge is 0.336 e. The maximum atomic E-state index is 6.64. The molecule has 5 rings (SSSR count). The van der Waals surface area contributed by atoms with Gasteiger partial charge in [-0.25, -0.2) is 0 Å². The lowest BCUT2D eigenvalue weighted by molar-refractivity contribution is -0.418. The Morgan fingerprint density at radius 3 is 2.45 bits per heavy atom. The highest BCUT2D eigenvalue weighted by Crippen LogP contribution is 2.41. The number of nitrogens with zero attached hydrogens (tertiary/aromatic N) is 1. The lowest BCUT2D eigenvalue weighted by Crippen LogP contribution is -2.20. The van der Waals surface area contributed by atoms with Crippen LogP contribution in [-0.4, -0.2) is 11.3 Å².